The first-order chi connectivity index (χ1) is 8.24. The number of nitro benzene ring substituents is 1. The molecule has 1 rings (SSSR count). The summed E-state index contributed by atoms with van der Waals surface area (Å²) >= 11 is 0. The van der Waals surface area contributed by atoms with Gasteiger partial charge in [0, 0.05) is 6.07 Å². The molecule has 18 heavy (non-hydrogen) atoms. The van der Waals surface area contributed by atoms with Crippen molar-refractivity contribution >= 4 is 11.7 Å². The molecule has 0 radical (unpaired) electrons. The summed E-state index contributed by atoms with van der Waals surface area (Å²) in [6, 6.07) is 3.85. The molecular formula is C12H15NO5. The van der Waals surface area contributed by atoms with Crippen molar-refractivity contribution < 1.29 is 19.6 Å². The monoisotopic (exact) mass is 253 g/mol. The van der Waals surface area contributed by atoms with E-state index in [9.17, 15) is 14.9 Å². The van der Waals surface area contributed by atoms with Gasteiger partial charge in [-0.2, -0.15) is 0 Å². The fourth-order valence-corrected chi connectivity index (χ4v) is 1.33. The molecule has 98 valence electrons. The summed E-state index contributed by atoms with van der Waals surface area (Å²) in [5.74, 6) is -0.630. The van der Waals surface area contributed by atoms with Crippen LogP contribution in [0.3, 0.4) is 0 Å². The second-order valence-corrected chi connectivity index (χ2v) is 4.76. The molecule has 0 atom stereocenters. The predicted octanol–water partition coefficient (Wildman–Crippen LogP) is 2.04. The number of nitro groups is 1. The third-order valence-corrected chi connectivity index (χ3v) is 2.09. The zero-order chi connectivity index (χ0) is 13.9. The molecule has 0 aliphatic carbocycles. The van der Waals surface area contributed by atoms with Gasteiger partial charge in [-0.3, -0.25) is 10.1 Å². The number of aliphatic hydroxyl groups is 1. The van der Waals surface area contributed by atoms with Crippen LogP contribution in [0.1, 0.15) is 36.7 Å². The zero-order valence-electron chi connectivity index (χ0n) is 10.5. The van der Waals surface area contributed by atoms with E-state index in [-0.39, 0.29) is 16.8 Å². The van der Waals surface area contributed by atoms with Gasteiger partial charge in [-0.25, -0.2) is 4.79 Å². The summed E-state index contributed by atoms with van der Waals surface area (Å²) in [7, 11) is 0. The Kier molecular flexibility index (Phi) is 4.03. The highest BCUT2D eigenvalue weighted by Gasteiger charge is 2.21. The average Bonchev–Trinajstić information content (AvgIpc) is 2.25. The Morgan fingerprint density at radius 2 is 2.06 bits per heavy atom. The van der Waals surface area contributed by atoms with Gasteiger partial charge in [0.1, 0.15) is 5.60 Å². The lowest BCUT2D eigenvalue weighted by atomic mass is 10.1. The van der Waals surface area contributed by atoms with Gasteiger partial charge in [-0.05, 0) is 32.9 Å². The van der Waals surface area contributed by atoms with Crippen LogP contribution in [0.15, 0.2) is 18.2 Å². The summed E-state index contributed by atoms with van der Waals surface area (Å²) < 4.78 is 5.11. The third kappa shape index (κ3) is 3.53. The van der Waals surface area contributed by atoms with Crippen molar-refractivity contribution in [3.8, 4) is 0 Å². The molecule has 0 aromatic heterocycles. The lowest BCUT2D eigenvalue weighted by Crippen LogP contribution is -2.24. The van der Waals surface area contributed by atoms with Crippen LogP contribution in [-0.2, 0) is 11.3 Å². The van der Waals surface area contributed by atoms with E-state index in [1.165, 1.54) is 12.1 Å². The predicted molar refractivity (Wildman–Crippen MR) is 64.2 cm³/mol. The number of rotatable bonds is 3. The van der Waals surface area contributed by atoms with Crippen molar-refractivity contribution in [1.29, 1.82) is 0 Å². The van der Waals surface area contributed by atoms with Gasteiger partial charge in [0.15, 0.2) is 0 Å². The third-order valence-electron chi connectivity index (χ3n) is 2.09. The molecule has 6 nitrogen and oxygen atoms in total. The number of carbonyl (C=O) groups excluding carboxylic acids is 1. The lowest BCUT2D eigenvalue weighted by molar-refractivity contribution is -0.385. The topological polar surface area (TPSA) is 89.7 Å². The van der Waals surface area contributed by atoms with Gasteiger partial charge in [0.2, 0.25) is 0 Å². The number of esters is 1. The van der Waals surface area contributed by atoms with Crippen molar-refractivity contribution in [1.82, 2.24) is 0 Å². The van der Waals surface area contributed by atoms with E-state index >= 15 is 0 Å². The normalized spacial score (nSPS) is 11.1. The standard InChI is InChI=1S/C12H15NO5/c1-12(2,3)18-11(15)8-4-5-9(7-14)10(6-8)13(16)17/h4-6,14H,7H2,1-3H3. The van der Waals surface area contributed by atoms with Crippen molar-refractivity contribution in [2.45, 2.75) is 33.0 Å². The van der Waals surface area contributed by atoms with E-state index in [1.807, 2.05) is 0 Å². The Bertz CT molecular complexity index is 476. The highest BCUT2D eigenvalue weighted by atomic mass is 16.6. The molecular weight excluding hydrogens is 238 g/mol. The largest absolute Gasteiger partial charge is 0.456 e. The summed E-state index contributed by atoms with van der Waals surface area (Å²) in [4.78, 5) is 21.9. The number of carbonyl (C=O) groups is 1. The maximum atomic E-state index is 11.7. The molecule has 0 fully saturated rings. The quantitative estimate of drug-likeness (QED) is 0.505. The van der Waals surface area contributed by atoms with E-state index in [0.717, 1.165) is 6.07 Å². The minimum absolute atomic E-state index is 0.0915. The summed E-state index contributed by atoms with van der Waals surface area (Å²) in [5, 5.41) is 19.7. The van der Waals surface area contributed by atoms with Crippen LogP contribution in [0.2, 0.25) is 0 Å². The molecule has 6 heteroatoms. The Morgan fingerprint density at radius 1 is 1.44 bits per heavy atom. The van der Waals surface area contributed by atoms with Crippen molar-refractivity contribution in [3.63, 3.8) is 0 Å². The van der Waals surface area contributed by atoms with E-state index < -0.39 is 23.1 Å². The molecule has 0 unspecified atom stereocenters. The molecule has 0 saturated heterocycles. The van der Waals surface area contributed by atoms with Crippen LogP contribution in [-0.4, -0.2) is 21.6 Å². The van der Waals surface area contributed by atoms with Gasteiger partial charge in [-0.15, -0.1) is 0 Å². The van der Waals surface area contributed by atoms with Gasteiger partial charge < -0.3 is 9.84 Å². The average molecular weight is 253 g/mol. The number of hydrogen-bond acceptors (Lipinski definition) is 5. The first-order valence-electron chi connectivity index (χ1n) is 5.36. The van der Waals surface area contributed by atoms with Crippen LogP contribution in [0.4, 0.5) is 5.69 Å². The zero-order valence-corrected chi connectivity index (χ0v) is 10.5. The first-order valence-corrected chi connectivity index (χ1v) is 5.36. The molecule has 0 amide bonds. The van der Waals surface area contributed by atoms with Gasteiger partial charge >= 0.3 is 5.97 Å². The molecule has 1 aromatic carbocycles. The van der Waals surface area contributed by atoms with E-state index in [1.54, 1.807) is 20.8 Å². The van der Waals surface area contributed by atoms with Crippen LogP contribution < -0.4 is 0 Å². The second kappa shape index (κ2) is 5.14. The second-order valence-electron chi connectivity index (χ2n) is 4.76. The van der Waals surface area contributed by atoms with E-state index in [4.69, 9.17) is 9.84 Å². The fraction of sp³-hybridized carbons (Fsp3) is 0.417. The minimum Gasteiger partial charge on any atom is -0.456 e. The van der Waals surface area contributed by atoms with Gasteiger partial charge in [0.05, 0.1) is 22.7 Å². The highest BCUT2D eigenvalue weighted by Crippen LogP contribution is 2.22. The van der Waals surface area contributed by atoms with Gasteiger partial charge in [0.25, 0.3) is 5.69 Å². The molecule has 0 aliphatic rings. The Hall–Kier alpha value is -1.95. The molecule has 0 spiro atoms. The molecule has 0 heterocycles. The van der Waals surface area contributed by atoms with Crippen LogP contribution in [0.5, 0.6) is 0 Å². The lowest BCUT2D eigenvalue weighted by Gasteiger charge is -2.19. The van der Waals surface area contributed by atoms with Crippen molar-refractivity contribution in [2.75, 3.05) is 0 Å². The van der Waals surface area contributed by atoms with E-state index in [2.05, 4.69) is 0 Å². The fourth-order valence-electron chi connectivity index (χ4n) is 1.33. The summed E-state index contributed by atoms with van der Waals surface area (Å²) in [6.07, 6.45) is 0. The molecule has 1 N–H and O–H groups in total. The minimum atomic E-state index is -0.665. The number of hydrogen-bond donors (Lipinski definition) is 1. The van der Waals surface area contributed by atoms with Crippen molar-refractivity contribution in [3.05, 3.63) is 39.4 Å². The maximum Gasteiger partial charge on any atom is 0.338 e. The molecule has 0 bridgehead atoms. The molecule has 0 saturated carbocycles. The number of benzene rings is 1. The number of aliphatic hydroxyl groups excluding tert-OH is 1. The number of ether oxygens (including phenoxy) is 1. The Morgan fingerprint density at radius 3 is 2.50 bits per heavy atom. The maximum absolute atomic E-state index is 11.7. The summed E-state index contributed by atoms with van der Waals surface area (Å²) in [5.41, 5.74) is -0.705. The van der Waals surface area contributed by atoms with E-state index in [0.29, 0.717) is 0 Å². The van der Waals surface area contributed by atoms with Crippen LogP contribution in [0.25, 0.3) is 0 Å². The first kappa shape index (κ1) is 14.1. The van der Waals surface area contributed by atoms with Crippen LogP contribution in [0, 0.1) is 10.1 Å². The molecule has 0 aliphatic heterocycles. The smallest absolute Gasteiger partial charge is 0.338 e. The van der Waals surface area contributed by atoms with Crippen molar-refractivity contribution in [2.24, 2.45) is 0 Å². The van der Waals surface area contributed by atoms with Gasteiger partial charge in [-0.1, -0.05) is 0 Å². The summed E-state index contributed by atoms with van der Waals surface area (Å²) in [6.45, 7) is 4.68. The Balaban J connectivity index is 3.09. The Labute approximate surface area is 104 Å². The molecule has 1 aromatic rings. The highest BCUT2D eigenvalue weighted by molar-refractivity contribution is 5.90. The number of nitrogens with zero attached hydrogens (tertiary/aromatic N) is 1. The van der Waals surface area contributed by atoms with Crippen LogP contribution >= 0.6 is 0 Å². The SMILES string of the molecule is CC(C)(C)OC(=O)c1ccc(CO)c([N+](=O)[O-])c1.